The van der Waals surface area contributed by atoms with Crippen LogP contribution in [0.25, 0.3) is 0 Å². The molecule has 1 aromatic heterocycles. The summed E-state index contributed by atoms with van der Waals surface area (Å²) in [6.45, 7) is 2.98. The fourth-order valence-corrected chi connectivity index (χ4v) is 3.44. The van der Waals surface area contributed by atoms with E-state index in [4.69, 9.17) is 0 Å². The van der Waals surface area contributed by atoms with Crippen LogP contribution in [-0.2, 0) is 0 Å². The van der Waals surface area contributed by atoms with E-state index in [1.165, 1.54) is 12.8 Å². The molecule has 2 rings (SSSR count). The van der Waals surface area contributed by atoms with Crippen molar-refractivity contribution in [2.45, 2.75) is 38.1 Å². The van der Waals surface area contributed by atoms with E-state index in [0.717, 1.165) is 17.3 Å². The van der Waals surface area contributed by atoms with E-state index in [9.17, 15) is 4.79 Å². The first-order valence-electron chi connectivity index (χ1n) is 7.50. The van der Waals surface area contributed by atoms with Crippen molar-refractivity contribution in [3.63, 3.8) is 0 Å². The number of hydrogen-bond donors (Lipinski definition) is 1. The number of pyridine rings is 1. The molecule has 0 aromatic carbocycles. The number of amides is 1. The summed E-state index contributed by atoms with van der Waals surface area (Å²) in [5.41, 5.74) is 0.541. The van der Waals surface area contributed by atoms with Gasteiger partial charge in [0.2, 0.25) is 0 Å². The van der Waals surface area contributed by atoms with E-state index < -0.39 is 0 Å². The summed E-state index contributed by atoms with van der Waals surface area (Å²) in [5.74, 6) is 0.616. The minimum atomic E-state index is -0.0954. The molecule has 1 aliphatic carbocycles. The second-order valence-electron chi connectivity index (χ2n) is 6.36. The van der Waals surface area contributed by atoms with E-state index in [2.05, 4.69) is 52.1 Å². The van der Waals surface area contributed by atoms with Gasteiger partial charge in [0.15, 0.2) is 0 Å². The number of rotatable bonds is 4. The van der Waals surface area contributed by atoms with Crippen LogP contribution in [0.15, 0.2) is 22.8 Å². The summed E-state index contributed by atoms with van der Waals surface area (Å²) < 4.78 is 0.880. The van der Waals surface area contributed by atoms with Gasteiger partial charge in [-0.1, -0.05) is 19.8 Å². The summed E-state index contributed by atoms with van der Waals surface area (Å²) in [6, 6.07) is 3.58. The molecule has 1 N–H and O–H groups in total. The minimum absolute atomic E-state index is 0.0721. The van der Waals surface area contributed by atoms with Gasteiger partial charge in [-0.05, 0) is 60.9 Å². The van der Waals surface area contributed by atoms with Gasteiger partial charge in [-0.25, -0.2) is 4.98 Å². The highest BCUT2D eigenvalue weighted by atomic mass is 79.9. The molecular formula is C16H24BrN3O. The molecule has 21 heavy (non-hydrogen) atoms. The first-order valence-corrected chi connectivity index (χ1v) is 8.29. The number of carbonyl (C=O) groups excluding carboxylic acids is 1. The summed E-state index contributed by atoms with van der Waals surface area (Å²) in [6.07, 6.45) is 6.44. The van der Waals surface area contributed by atoms with Crippen LogP contribution in [0.4, 0.5) is 0 Å². The van der Waals surface area contributed by atoms with Crippen LogP contribution in [0.3, 0.4) is 0 Å². The summed E-state index contributed by atoms with van der Waals surface area (Å²) in [7, 11) is 4.23. The topological polar surface area (TPSA) is 45.2 Å². The Labute approximate surface area is 135 Å². The number of nitrogens with one attached hydrogen (secondary N) is 1. The highest BCUT2D eigenvalue weighted by Crippen LogP contribution is 2.35. The standard InChI is InChI=1S/C16H24BrN3O/c1-12-5-4-8-16(9-12,20(2)3)11-19-15(21)14-7-6-13(17)10-18-14/h6-7,10,12H,4-5,8-9,11H2,1-3H3,(H,19,21). The molecule has 1 saturated carbocycles. The molecule has 2 unspecified atom stereocenters. The summed E-state index contributed by atoms with van der Waals surface area (Å²) in [5, 5.41) is 3.07. The van der Waals surface area contributed by atoms with Crippen LogP contribution >= 0.6 is 15.9 Å². The van der Waals surface area contributed by atoms with Crippen molar-refractivity contribution in [3.8, 4) is 0 Å². The van der Waals surface area contributed by atoms with Gasteiger partial charge in [0, 0.05) is 22.8 Å². The maximum atomic E-state index is 12.2. The van der Waals surface area contributed by atoms with Gasteiger partial charge in [-0.2, -0.15) is 0 Å². The molecule has 0 bridgehead atoms. The predicted molar refractivity (Wildman–Crippen MR) is 88.3 cm³/mol. The van der Waals surface area contributed by atoms with Crippen LogP contribution < -0.4 is 5.32 Å². The molecule has 5 heteroatoms. The van der Waals surface area contributed by atoms with Crippen LogP contribution in [0.5, 0.6) is 0 Å². The Morgan fingerprint density at radius 2 is 2.29 bits per heavy atom. The number of likely N-dealkylation sites (N-methyl/N-ethyl adjacent to an activating group) is 1. The van der Waals surface area contributed by atoms with Gasteiger partial charge in [0.05, 0.1) is 0 Å². The van der Waals surface area contributed by atoms with E-state index in [0.29, 0.717) is 18.2 Å². The number of aromatic nitrogens is 1. The third kappa shape index (κ3) is 4.04. The van der Waals surface area contributed by atoms with Gasteiger partial charge < -0.3 is 10.2 Å². The van der Waals surface area contributed by atoms with Crippen molar-refractivity contribution in [1.29, 1.82) is 0 Å². The van der Waals surface area contributed by atoms with Crippen molar-refractivity contribution in [1.82, 2.24) is 15.2 Å². The zero-order valence-electron chi connectivity index (χ0n) is 13.0. The molecule has 0 aliphatic heterocycles. The predicted octanol–water partition coefficient (Wildman–Crippen LogP) is 3.08. The Bertz CT molecular complexity index is 489. The van der Waals surface area contributed by atoms with Gasteiger partial charge >= 0.3 is 0 Å². The molecule has 1 fully saturated rings. The highest BCUT2D eigenvalue weighted by molar-refractivity contribution is 9.10. The molecule has 0 saturated heterocycles. The maximum Gasteiger partial charge on any atom is 0.269 e. The third-order valence-corrected chi connectivity index (χ3v) is 5.02. The van der Waals surface area contributed by atoms with Crippen molar-refractivity contribution in [2.24, 2.45) is 5.92 Å². The molecule has 1 aliphatic rings. The minimum Gasteiger partial charge on any atom is -0.349 e. The van der Waals surface area contributed by atoms with Gasteiger partial charge in [0.25, 0.3) is 5.91 Å². The zero-order chi connectivity index (χ0) is 15.5. The summed E-state index contributed by atoms with van der Waals surface area (Å²) in [4.78, 5) is 18.7. The fraction of sp³-hybridized carbons (Fsp3) is 0.625. The molecule has 0 radical (unpaired) electrons. The van der Waals surface area contributed by atoms with E-state index >= 15 is 0 Å². The normalized spacial score (nSPS) is 25.9. The Hall–Kier alpha value is -0.940. The second-order valence-corrected chi connectivity index (χ2v) is 7.28. The second kappa shape index (κ2) is 6.88. The first kappa shape index (κ1) is 16.4. The number of nitrogens with zero attached hydrogens (tertiary/aromatic N) is 2. The van der Waals surface area contributed by atoms with Crippen molar-refractivity contribution in [3.05, 3.63) is 28.5 Å². The van der Waals surface area contributed by atoms with Crippen LogP contribution in [-0.4, -0.2) is 42.0 Å². The first-order chi connectivity index (χ1) is 9.93. The quantitative estimate of drug-likeness (QED) is 0.904. The Balaban J connectivity index is 2.02. The Morgan fingerprint density at radius 1 is 1.52 bits per heavy atom. The van der Waals surface area contributed by atoms with E-state index in [1.807, 2.05) is 6.07 Å². The number of hydrogen-bond acceptors (Lipinski definition) is 3. The summed E-state index contributed by atoms with van der Waals surface area (Å²) >= 11 is 3.33. The fourth-order valence-electron chi connectivity index (χ4n) is 3.20. The number of carbonyl (C=O) groups is 1. The molecule has 4 nitrogen and oxygen atoms in total. The molecule has 1 amide bonds. The molecular weight excluding hydrogens is 330 g/mol. The largest absolute Gasteiger partial charge is 0.349 e. The van der Waals surface area contributed by atoms with Crippen molar-refractivity contribution < 1.29 is 4.79 Å². The Kier molecular flexibility index (Phi) is 5.38. The molecule has 1 heterocycles. The van der Waals surface area contributed by atoms with E-state index in [1.54, 1.807) is 12.3 Å². The monoisotopic (exact) mass is 353 g/mol. The van der Waals surface area contributed by atoms with Gasteiger partial charge in [-0.15, -0.1) is 0 Å². The van der Waals surface area contributed by atoms with Gasteiger partial charge in [0.1, 0.15) is 5.69 Å². The molecule has 0 spiro atoms. The molecule has 116 valence electrons. The van der Waals surface area contributed by atoms with Crippen molar-refractivity contribution >= 4 is 21.8 Å². The number of halogens is 1. The molecule has 2 atom stereocenters. The lowest BCUT2D eigenvalue weighted by Crippen LogP contribution is -2.55. The van der Waals surface area contributed by atoms with Crippen LogP contribution in [0.1, 0.15) is 43.1 Å². The van der Waals surface area contributed by atoms with Crippen LogP contribution in [0.2, 0.25) is 0 Å². The lowest BCUT2D eigenvalue weighted by Gasteiger charge is -2.45. The van der Waals surface area contributed by atoms with Gasteiger partial charge in [-0.3, -0.25) is 4.79 Å². The third-order valence-electron chi connectivity index (χ3n) is 4.55. The highest BCUT2D eigenvalue weighted by Gasteiger charge is 2.37. The van der Waals surface area contributed by atoms with E-state index in [-0.39, 0.29) is 11.4 Å². The molecule has 1 aromatic rings. The average molecular weight is 354 g/mol. The lowest BCUT2D eigenvalue weighted by atomic mass is 9.75. The SMILES string of the molecule is CC1CCCC(CNC(=O)c2ccc(Br)cn2)(N(C)C)C1. The Morgan fingerprint density at radius 3 is 2.86 bits per heavy atom. The lowest BCUT2D eigenvalue weighted by molar-refractivity contribution is 0.0673. The zero-order valence-corrected chi connectivity index (χ0v) is 14.6. The maximum absolute atomic E-state index is 12.2. The average Bonchev–Trinajstić information content (AvgIpc) is 2.45. The smallest absolute Gasteiger partial charge is 0.269 e. The van der Waals surface area contributed by atoms with Crippen LogP contribution in [0, 0.1) is 5.92 Å². The van der Waals surface area contributed by atoms with Crippen molar-refractivity contribution in [2.75, 3.05) is 20.6 Å².